The van der Waals surface area contributed by atoms with Crippen LogP contribution >= 0.6 is 11.6 Å². The number of hydrogen-bond donors (Lipinski definition) is 2. The molecule has 1 saturated heterocycles. The summed E-state index contributed by atoms with van der Waals surface area (Å²) in [5.74, 6) is 0.159. The van der Waals surface area contributed by atoms with E-state index in [1.165, 1.54) is 21.3 Å². The van der Waals surface area contributed by atoms with Gasteiger partial charge in [-0.2, -0.15) is 0 Å². The normalized spacial score (nSPS) is 15.7. The number of piperazine rings is 1. The van der Waals surface area contributed by atoms with Crippen LogP contribution in [0.25, 0.3) is 38.8 Å². The topological polar surface area (TPSA) is 67.2 Å². The molecule has 39 heavy (non-hydrogen) atoms. The number of halogens is 2. The number of imidazole rings is 1. The lowest BCUT2D eigenvalue weighted by Crippen LogP contribution is -2.49. The molecule has 0 unspecified atom stereocenters. The minimum atomic E-state index is -0.385. The molecule has 5 aromatic rings. The van der Waals surface area contributed by atoms with Gasteiger partial charge in [0.15, 0.2) is 0 Å². The average Bonchev–Trinajstić information content (AvgIpc) is 3.54. The Morgan fingerprint density at radius 1 is 1.03 bits per heavy atom. The monoisotopic (exact) mass is 545 g/mol. The third-order valence-electron chi connectivity index (χ3n) is 7.39. The van der Waals surface area contributed by atoms with E-state index in [-0.39, 0.29) is 11.5 Å². The van der Waals surface area contributed by atoms with Crippen LogP contribution in [0.3, 0.4) is 0 Å². The summed E-state index contributed by atoms with van der Waals surface area (Å²) in [6, 6.07) is 14.9. The zero-order chi connectivity index (χ0) is 27.3. The van der Waals surface area contributed by atoms with E-state index in [0.717, 1.165) is 41.8 Å². The Bertz CT molecular complexity index is 1750. The summed E-state index contributed by atoms with van der Waals surface area (Å²) in [6.45, 7) is 4.84. The smallest absolute Gasteiger partial charge is 0.332 e. The van der Waals surface area contributed by atoms with E-state index in [1.807, 2.05) is 18.3 Å². The lowest BCUT2D eigenvalue weighted by Gasteiger charge is -2.34. The van der Waals surface area contributed by atoms with Crippen LogP contribution in [0.1, 0.15) is 6.92 Å². The number of methoxy groups -OCH3 is 1. The molecule has 0 amide bonds. The minimum absolute atomic E-state index is 0.204. The van der Waals surface area contributed by atoms with Crippen molar-refractivity contribution in [1.82, 2.24) is 19.4 Å². The molecule has 6 rings (SSSR count). The highest BCUT2D eigenvalue weighted by Gasteiger charge is 2.22. The van der Waals surface area contributed by atoms with Crippen LogP contribution in [0.2, 0.25) is 5.02 Å². The van der Waals surface area contributed by atoms with Gasteiger partial charge in [-0.1, -0.05) is 17.7 Å². The van der Waals surface area contributed by atoms with Crippen molar-refractivity contribution in [1.29, 1.82) is 0 Å². The summed E-state index contributed by atoms with van der Waals surface area (Å²) in [6.07, 6.45) is 5.27. The molecule has 0 bridgehead atoms. The summed E-state index contributed by atoms with van der Waals surface area (Å²) >= 11 is 6.64. The molecule has 0 spiro atoms. The number of rotatable bonds is 5. The number of hydrogen-bond acceptors (Lipinski definition) is 4. The van der Waals surface area contributed by atoms with Crippen molar-refractivity contribution in [2.75, 3.05) is 31.6 Å². The fourth-order valence-corrected chi connectivity index (χ4v) is 5.75. The molecule has 3 aromatic carbocycles. The molecule has 0 radical (unpaired) electrons. The molecule has 200 valence electrons. The Hall–Kier alpha value is -4.01. The molecule has 0 saturated carbocycles. The Balaban J connectivity index is 1.48. The molecular weight excluding hydrogens is 517 g/mol. The maximum atomic E-state index is 15.2. The van der Waals surface area contributed by atoms with Gasteiger partial charge in [0.25, 0.3) is 0 Å². The number of nitrogens with zero attached hydrogens (tertiary/aromatic N) is 3. The highest BCUT2D eigenvalue weighted by atomic mass is 35.5. The number of anilines is 1. The molecule has 0 aliphatic carbocycles. The average molecular weight is 546 g/mol. The zero-order valence-corrected chi connectivity index (χ0v) is 22.7. The van der Waals surface area contributed by atoms with Gasteiger partial charge in [-0.3, -0.25) is 4.57 Å². The van der Waals surface area contributed by atoms with Crippen LogP contribution < -0.4 is 20.6 Å². The first kappa shape index (κ1) is 25.3. The summed E-state index contributed by atoms with van der Waals surface area (Å²) in [5.41, 5.74) is 5.18. The van der Waals surface area contributed by atoms with Crippen LogP contribution in [-0.2, 0) is 7.05 Å². The van der Waals surface area contributed by atoms with Gasteiger partial charge in [-0.25, -0.2) is 9.18 Å². The van der Waals surface area contributed by atoms with Gasteiger partial charge in [0.2, 0.25) is 0 Å². The van der Waals surface area contributed by atoms with Crippen LogP contribution in [0.5, 0.6) is 5.75 Å². The summed E-state index contributed by atoms with van der Waals surface area (Å²) in [7, 11) is 3.27. The van der Waals surface area contributed by atoms with Crippen molar-refractivity contribution in [2.24, 2.45) is 7.05 Å². The SMILES string of the molecule is COc1c(-c2ccc(-n3ccn(C)c3=O)c(Cl)c2)cc(F)cc1-c1cc(N2CCN[C@H](C)C2)c2cc[nH]c2c1. The highest BCUT2D eigenvalue weighted by Crippen LogP contribution is 2.43. The minimum Gasteiger partial charge on any atom is -0.495 e. The predicted octanol–water partition coefficient (Wildman–Crippen LogP) is 5.59. The summed E-state index contributed by atoms with van der Waals surface area (Å²) in [4.78, 5) is 18.1. The predicted molar refractivity (Wildman–Crippen MR) is 155 cm³/mol. The molecule has 9 heteroatoms. The first-order valence-electron chi connectivity index (χ1n) is 12.9. The van der Waals surface area contributed by atoms with Crippen molar-refractivity contribution in [3.63, 3.8) is 0 Å². The van der Waals surface area contributed by atoms with E-state index in [0.29, 0.717) is 39.2 Å². The van der Waals surface area contributed by atoms with E-state index in [1.54, 1.807) is 38.7 Å². The van der Waals surface area contributed by atoms with E-state index in [2.05, 4.69) is 34.3 Å². The maximum Gasteiger partial charge on any atom is 0.332 e. The Kier molecular flexibility index (Phi) is 6.45. The van der Waals surface area contributed by atoms with Crippen molar-refractivity contribution >= 4 is 28.2 Å². The maximum absolute atomic E-state index is 15.2. The molecule has 7 nitrogen and oxygen atoms in total. The number of ether oxygens (including phenoxy) is 1. The number of benzene rings is 3. The van der Waals surface area contributed by atoms with Crippen LogP contribution in [-0.4, -0.2) is 46.9 Å². The molecule has 1 atom stereocenters. The fourth-order valence-electron chi connectivity index (χ4n) is 5.48. The van der Waals surface area contributed by atoms with Gasteiger partial charge >= 0.3 is 5.69 Å². The molecular formula is C30H29ClFN5O2. The van der Waals surface area contributed by atoms with E-state index in [9.17, 15) is 4.79 Å². The first-order valence-corrected chi connectivity index (χ1v) is 13.2. The highest BCUT2D eigenvalue weighted by molar-refractivity contribution is 6.32. The molecule has 3 heterocycles. The van der Waals surface area contributed by atoms with Crippen LogP contribution in [0.15, 0.2) is 71.9 Å². The van der Waals surface area contributed by atoms with E-state index >= 15 is 4.39 Å². The van der Waals surface area contributed by atoms with Gasteiger partial charge < -0.3 is 24.5 Å². The molecule has 2 aromatic heterocycles. The fraction of sp³-hybridized carbons (Fsp3) is 0.233. The molecule has 2 N–H and O–H groups in total. The van der Waals surface area contributed by atoms with Gasteiger partial charge in [-0.05, 0) is 60.5 Å². The van der Waals surface area contributed by atoms with Crippen molar-refractivity contribution in [2.45, 2.75) is 13.0 Å². The lowest BCUT2D eigenvalue weighted by atomic mass is 9.95. The van der Waals surface area contributed by atoms with Gasteiger partial charge in [0.05, 0.1) is 17.8 Å². The third-order valence-corrected chi connectivity index (χ3v) is 7.69. The second kappa shape index (κ2) is 9.94. The second-order valence-electron chi connectivity index (χ2n) is 10.00. The third kappa shape index (κ3) is 4.49. The molecule has 1 fully saturated rings. The van der Waals surface area contributed by atoms with E-state index < -0.39 is 0 Å². The van der Waals surface area contributed by atoms with Crippen LogP contribution in [0.4, 0.5) is 10.1 Å². The number of aryl methyl sites for hydroxylation is 1. The van der Waals surface area contributed by atoms with E-state index in [4.69, 9.17) is 16.3 Å². The number of aromatic amines is 1. The van der Waals surface area contributed by atoms with Crippen molar-refractivity contribution in [3.05, 3.63) is 88.4 Å². The summed E-state index contributed by atoms with van der Waals surface area (Å²) in [5, 5.41) is 4.99. The Labute approximate surface area is 230 Å². The quantitative estimate of drug-likeness (QED) is 0.302. The van der Waals surface area contributed by atoms with Crippen LogP contribution in [0, 0.1) is 5.82 Å². The number of aromatic nitrogens is 3. The Morgan fingerprint density at radius 2 is 1.82 bits per heavy atom. The number of fused-ring (bicyclic) bond motifs is 1. The largest absolute Gasteiger partial charge is 0.495 e. The summed E-state index contributed by atoms with van der Waals surface area (Å²) < 4.78 is 24.1. The van der Waals surface area contributed by atoms with Gasteiger partial charge in [-0.15, -0.1) is 0 Å². The first-order chi connectivity index (χ1) is 18.8. The van der Waals surface area contributed by atoms with Crippen molar-refractivity contribution in [3.8, 4) is 33.7 Å². The van der Waals surface area contributed by atoms with Crippen molar-refractivity contribution < 1.29 is 9.13 Å². The molecule has 1 aliphatic rings. The molecule has 1 aliphatic heterocycles. The standard InChI is InChI=1S/C30H29ClFN5O2/c1-18-17-36(9-8-33-18)28-14-20(13-26-22(28)6-7-34-26)24-16-21(32)15-23(29(24)39-3)19-4-5-27(25(31)12-19)37-11-10-35(2)30(37)38/h4-7,10-16,18,33-34H,8-9,17H2,1-3H3/t18-/m1/s1. The number of H-pyrrole nitrogens is 1. The lowest BCUT2D eigenvalue weighted by molar-refractivity contribution is 0.417. The van der Waals surface area contributed by atoms with Gasteiger partial charge in [0.1, 0.15) is 11.6 Å². The van der Waals surface area contributed by atoms with Gasteiger partial charge in [0, 0.05) is 79.0 Å². The second-order valence-corrected chi connectivity index (χ2v) is 10.4. The Morgan fingerprint density at radius 3 is 2.51 bits per heavy atom. The number of nitrogens with one attached hydrogen (secondary N) is 2. The zero-order valence-electron chi connectivity index (χ0n) is 22.0.